The van der Waals surface area contributed by atoms with Crippen LogP contribution in [0.3, 0.4) is 0 Å². The Hall–Kier alpha value is -1.75. The molecular weight excluding hydrogens is 302 g/mol. The van der Waals surface area contributed by atoms with Gasteiger partial charge in [0.2, 0.25) is 5.28 Å². The van der Waals surface area contributed by atoms with Gasteiger partial charge < -0.3 is 10.5 Å². The number of aromatic nitrogens is 2. The summed E-state index contributed by atoms with van der Waals surface area (Å²) in [5.41, 5.74) is 0.406. The van der Waals surface area contributed by atoms with E-state index in [-0.39, 0.29) is 22.5 Å². The summed E-state index contributed by atoms with van der Waals surface area (Å²) in [6, 6.07) is 1.56. The molecular formula is C16H18ClN3O2. The predicted octanol–water partition coefficient (Wildman–Crippen LogP) is 3.73. The van der Waals surface area contributed by atoms with Gasteiger partial charge in [-0.3, -0.25) is 4.79 Å². The molecule has 22 heavy (non-hydrogen) atoms. The maximum Gasteiger partial charge on any atom is 0.222 e. The lowest BCUT2D eigenvalue weighted by Crippen LogP contribution is -2.44. The van der Waals surface area contributed by atoms with E-state index in [1.165, 1.54) is 6.20 Å². The molecule has 5 nitrogen and oxygen atoms in total. The molecule has 2 aliphatic carbocycles. The molecule has 6 heteroatoms. The Kier molecular flexibility index (Phi) is 4.00. The monoisotopic (exact) mass is 319 g/mol. The van der Waals surface area contributed by atoms with Gasteiger partial charge in [-0.2, -0.15) is 0 Å². The SMILES string of the molecule is N=C1/C(=C(\O)c2ccnc(Cl)n2)CCC[C@@]12CCCCC2=O. The summed E-state index contributed by atoms with van der Waals surface area (Å²) in [6.45, 7) is 0. The number of carbonyl (C=O) groups is 1. The number of hydrogen-bond donors (Lipinski definition) is 2. The first-order valence-electron chi connectivity index (χ1n) is 7.58. The Morgan fingerprint density at radius 1 is 1.27 bits per heavy atom. The van der Waals surface area contributed by atoms with Crippen molar-refractivity contribution >= 4 is 28.9 Å². The summed E-state index contributed by atoms with van der Waals surface area (Å²) in [5, 5.41) is 19.1. The van der Waals surface area contributed by atoms with Crippen LogP contribution < -0.4 is 0 Å². The van der Waals surface area contributed by atoms with E-state index in [0.717, 1.165) is 19.3 Å². The standard InChI is InChI=1S/C16H18ClN3O2/c17-15-19-9-6-11(20-15)13(22)10-4-3-8-16(14(10)18)7-2-1-5-12(16)21/h6,9,18,22H,1-5,7-8H2/b13-10-,18-14?/t16-/m1/s1. The molecule has 2 N–H and O–H groups in total. The number of Topliss-reactive ketones (excluding diaryl/α,β-unsaturated/α-hetero) is 1. The predicted molar refractivity (Wildman–Crippen MR) is 84.1 cm³/mol. The van der Waals surface area contributed by atoms with Crippen molar-refractivity contribution in [2.24, 2.45) is 5.41 Å². The Morgan fingerprint density at radius 2 is 2.05 bits per heavy atom. The number of ketones is 1. The molecule has 116 valence electrons. The minimum Gasteiger partial charge on any atom is -0.505 e. The number of nitrogens with zero attached hydrogens (tertiary/aromatic N) is 2. The van der Waals surface area contributed by atoms with Gasteiger partial charge in [0.25, 0.3) is 0 Å². The molecule has 0 amide bonds. The summed E-state index contributed by atoms with van der Waals surface area (Å²) in [7, 11) is 0. The minimum atomic E-state index is -0.698. The molecule has 1 spiro atoms. The summed E-state index contributed by atoms with van der Waals surface area (Å²) >= 11 is 5.77. The number of carbonyl (C=O) groups excluding carboxylic acids is 1. The third-order valence-electron chi connectivity index (χ3n) is 4.76. The van der Waals surface area contributed by atoms with Crippen molar-refractivity contribution in [2.45, 2.75) is 44.9 Å². The number of hydrogen-bond acceptors (Lipinski definition) is 5. The van der Waals surface area contributed by atoms with Gasteiger partial charge in [0.1, 0.15) is 17.2 Å². The number of rotatable bonds is 1. The van der Waals surface area contributed by atoms with Gasteiger partial charge in [-0.1, -0.05) is 6.42 Å². The van der Waals surface area contributed by atoms with Crippen molar-refractivity contribution in [3.63, 3.8) is 0 Å². The van der Waals surface area contributed by atoms with Crippen LogP contribution in [0.2, 0.25) is 5.28 Å². The molecule has 0 bridgehead atoms. The largest absolute Gasteiger partial charge is 0.505 e. The zero-order valence-corrected chi connectivity index (χ0v) is 13.0. The second-order valence-corrected chi connectivity index (χ2v) is 6.32. The summed E-state index contributed by atoms with van der Waals surface area (Å²) in [4.78, 5) is 20.2. The van der Waals surface area contributed by atoms with Crippen LogP contribution in [0.5, 0.6) is 0 Å². The van der Waals surface area contributed by atoms with Crippen LogP contribution in [-0.4, -0.2) is 26.6 Å². The lowest BCUT2D eigenvalue weighted by Gasteiger charge is -2.40. The highest BCUT2D eigenvalue weighted by molar-refractivity contribution is 6.28. The van der Waals surface area contributed by atoms with Crippen molar-refractivity contribution in [3.8, 4) is 0 Å². The van der Waals surface area contributed by atoms with Crippen molar-refractivity contribution < 1.29 is 9.90 Å². The van der Waals surface area contributed by atoms with Gasteiger partial charge in [-0.15, -0.1) is 0 Å². The van der Waals surface area contributed by atoms with E-state index in [4.69, 9.17) is 17.0 Å². The highest BCUT2D eigenvalue weighted by Gasteiger charge is 2.47. The van der Waals surface area contributed by atoms with Gasteiger partial charge in [0, 0.05) is 18.2 Å². The molecule has 0 saturated heterocycles. The fraction of sp³-hybridized carbons (Fsp3) is 0.500. The smallest absolute Gasteiger partial charge is 0.222 e. The molecule has 1 heterocycles. The van der Waals surface area contributed by atoms with E-state index in [9.17, 15) is 9.90 Å². The third-order valence-corrected chi connectivity index (χ3v) is 4.94. The summed E-state index contributed by atoms with van der Waals surface area (Å²) < 4.78 is 0. The van der Waals surface area contributed by atoms with E-state index in [1.54, 1.807) is 6.07 Å². The van der Waals surface area contributed by atoms with E-state index in [0.29, 0.717) is 37.0 Å². The van der Waals surface area contributed by atoms with Crippen molar-refractivity contribution in [1.82, 2.24) is 9.97 Å². The highest BCUT2D eigenvalue weighted by Crippen LogP contribution is 2.45. The molecule has 1 atom stereocenters. The lowest BCUT2D eigenvalue weighted by molar-refractivity contribution is -0.128. The first-order chi connectivity index (χ1) is 10.5. The molecule has 1 aromatic rings. The van der Waals surface area contributed by atoms with Crippen molar-refractivity contribution in [1.29, 1.82) is 5.41 Å². The first-order valence-corrected chi connectivity index (χ1v) is 7.96. The molecule has 1 aromatic heterocycles. The van der Waals surface area contributed by atoms with Crippen LogP contribution >= 0.6 is 11.6 Å². The van der Waals surface area contributed by atoms with Gasteiger partial charge in [-0.25, -0.2) is 9.97 Å². The molecule has 0 aromatic carbocycles. The van der Waals surface area contributed by atoms with E-state index >= 15 is 0 Å². The van der Waals surface area contributed by atoms with E-state index in [1.807, 2.05) is 0 Å². The maximum atomic E-state index is 12.4. The molecule has 2 saturated carbocycles. The first kappa shape index (κ1) is 15.2. The van der Waals surface area contributed by atoms with Crippen molar-refractivity contribution in [3.05, 3.63) is 28.8 Å². The van der Waals surface area contributed by atoms with Gasteiger partial charge in [0.15, 0.2) is 0 Å². The van der Waals surface area contributed by atoms with Gasteiger partial charge in [-0.05, 0) is 49.8 Å². The maximum absolute atomic E-state index is 12.4. The van der Waals surface area contributed by atoms with E-state index in [2.05, 4.69) is 9.97 Å². The lowest BCUT2D eigenvalue weighted by atomic mass is 9.62. The third kappa shape index (κ3) is 2.43. The Bertz CT molecular complexity index is 667. The second-order valence-electron chi connectivity index (χ2n) is 5.98. The average molecular weight is 320 g/mol. The highest BCUT2D eigenvalue weighted by atomic mass is 35.5. The zero-order chi connectivity index (χ0) is 15.7. The van der Waals surface area contributed by atoms with Crippen LogP contribution in [0, 0.1) is 10.8 Å². The number of halogens is 1. The van der Waals surface area contributed by atoms with Crippen LogP contribution in [0.15, 0.2) is 17.8 Å². The minimum absolute atomic E-state index is 0.0493. The van der Waals surface area contributed by atoms with Crippen molar-refractivity contribution in [2.75, 3.05) is 0 Å². The van der Waals surface area contributed by atoms with Crippen LogP contribution in [0.4, 0.5) is 0 Å². The number of aliphatic hydroxyl groups is 1. The van der Waals surface area contributed by atoms with Crippen LogP contribution in [-0.2, 0) is 4.79 Å². The van der Waals surface area contributed by atoms with E-state index < -0.39 is 5.41 Å². The molecule has 0 unspecified atom stereocenters. The number of aliphatic hydroxyl groups excluding tert-OH is 1. The molecule has 0 radical (unpaired) electrons. The summed E-state index contributed by atoms with van der Waals surface area (Å²) in [6.07, 6.45) is 6.68. The average Bonchev–Trinajstić information content (AvgIpc) is 2.52. The van der Waals surface area contributed by atoms with Crippen LogP contribution in [0.25, 0.3) is 5.76 Å². The normalized spacial score (nSPS) is 28.0. The molecule has 2 fully saturated rings. The fourth-order valence-electron chi connectivity index (χ4n) is 3.58. The quantitative estimate of drug-likeness (QED) is 0.610. The Balaban J connectivity index is 2.02. The van der Waals surface area contributed by atoms with Gasteiger partial charge in [0.05, 0.1) is 11.1 Å². The van der Waals surface area contributed by atoms with Gasteiger partial charge >= 0.3 is 0 Å². The fourth-order valence-corrected chi connectivity index (χ4v) is 3.73. The number of nitrogens with one attached hydrogen (secondary N) is 1. The molecule has 3 rings (SSSR count). The van der Waals surface area contributed by atoms with Crippen LogP contribution in [0.1, 0.15) is 50.6 Å². The Labute approximate surface area is 133 Å². The molecule has 2 aliphatic rings. The number of allylic oxidation sites excluding steroid dienone is 1. The topological polar surface area (TPSA) is 86.9 Å². The zero-order valence-electron chi connectivity index (χ0n) is 12.2. The molecule has 0 aliphatic heterocycles. The second kappa shape index (κ2) is 5.80. The summed E-state index contributed by atoms with van der Waals surface area (Å²) in [5.74, 6) is 0.0984. The Morgan fingerprint density at radius 3 is 2.77 bits per heavy atom.